The standard InChI is InChI=1S/C27H34N6OS/c1-20(34)33(18-21-7-16-35-19-21)24-17-27(24)8-10-31(11-9-27)25-26(32-14-12-30(2)13-15-32)29-23-6-4-3-5-22(23)28-25/h3-7,16,19,24H,8-15,17-18H2,1-2H3. The zero-order valence-corrected chi connectivity index (χ0v) is 21.5. The van der Waals surface area contributed by atoms with Crippen LogP contribution in [0.15, 0.2) is 41.1 Å². The molecule has 1 spiro atoms. The number of anilines is 2. The van der Waals surface area contributed by atoms with Gasteiger partial charge in [-0.15, -0.1) is 0 Å². The number of piperidine rings is 1. The van der Waals surface area contributed by atoms with E-state index in [1.807, 2.05) is 12.1 Å². The number of fused-ring (bicyclic) bond motifs is 1. The molecule has 3 aliphatic rings. The summed E-state index contributed by atoms with van der Waals surface area (Å²) >= 11 is 1.70. The summed E-state index contributed by atoms with van der Waals surface area (Å²) in [5.41, 5.74) is 3.43. The third-order valence-corrected chi connectivity index (χ3v) is 8.99. The first-order valence-corrected chi connectivity index (χ1v) is 13.7. The van der Waals surface area contributed by atoms with Crippen molar-refractivity contribution in [2.24, 2.45) is 5.41 Å². The van der Waals surface area contributed by atoms with Gasteiger partial charge in [0.15, 0.2) is 11.6 Å². The van der Waals surface area contributed by atoms with Crippen LogP contribution in [0.2, 0.25) is 0 Å². The zero-order valence-electron chi connectivity index (χ0n) is 20.7. The van der Waals surface area contributed by atoms with E-state index >= 15 is 0 Å². The minimum absolute atomic E-state index is 0.193. The number of rotatable bonds is 5. The second-order valence-corrected chi connectivity index (χ2v) is 11.3. The lowest BCUT2D eigenvalue weighted by Gasteiger charge is -2.39. The Hall–Kier alpha value is -2.71. The van der Waals surface area contributed by atoms with Crippen molar-refractivity contribution in [3.63, 3.8) is 0 Å². The molecule has 1 saturated carbocycles. The Labute approximate surface area is 211 Å². The van der Waals surface area contributed by atoms with Gasteiger partial charge in [0.25, 0.3) is 0 Å². The Morgan fingerprint density at radius 3 is 2.20 bits per heavy atom. The fraction of sp³-hybridized carbons (Fsp3) is 0.519. The smallest absolute Gasteiger partial charge is 0.220 e. The van der Waals surface area contributed by atoms with Gasteiger partial charge >= 0.3 is 0 Å². The highest BCUT2D eigenvalue weighted by molar-refractivity contribution is 7.07. The average molecular weight is 491 g/mol. The van der Waals surface area contributed by atoms with Crippen LogP contribution in [0.1, 0.15) is 31.7 Å². The van der Waals surface area contributed by atoms with Crippen molar-refractivity contribution in [2.45, 2.75) is 38.8 Å². The quantitative estimate of drug-likeness (QED) is 0.542. The van der Waals surface area contributed by atoms with E-state index in [1.54, 1.807) is 18.3 Å². The summed E-state index contributed by atoms with van der Waals surface area (Å²) in [6.45, 7) is 8.44. The molecule has 2 saturated heterocycles. The Kier molecular flexibility index (Phi) is 5.89. The fourth-order valence-corrected chi connectivity index (χ4v) is 6.57. The van der Waals surface area contributed by atoms with Crippen molar-refractivity contribution >= 4 is 39.9 Å². The zero-order chi connectivity index (χ0) is 24.0. The normalized spacial score (nSPS) is 22.1. The van der Waals surface area contributed by atoms with Gasteiger partial charge < -0.3 is 19.6 Å². The number of aromatic nitrogens is 2. The van der Waals surface area contributed by atoms with E-state index in [0.717, 1.165) is 87.7 Å². The molecule has 6 rings (SSSR count). The summed E-state index contributed by atoms with van der Waals surface area (Å²) in [4.78, 5) is 32.1. The second-order valence-electron chi connectivity index (χ2n) is 10.5. The van der Waals surface area contributed by atoms with Gasteiger partial charge in [0, 0.05) is 58.8 Å². The second kappa shape index (κ2) is 9.06. The third kappa shape index (κ3) is 4.38. The number of carbonyl (C=O) groups is 1. The average Bonchev–Trinajstić information content (AvgIpc) is 3.29. The van der Waals surface area contributed by atoms with E-state index in [0.29, 0.717) is 6.04 Å². The number of piperazine rings is 1. The minimum Gasteiger partial charge on any atom is -0.353 e. The first-order chi connectivity index (χ1) is 17.0. The molecule has 0 radical (unpaired) electrons. The lowest BCUT2D eigenvalue weighted by atomic mass is 9.92. The Morgan fingerprint density at radius 2 is 1.63 bits per heavy atom. The third-order valence-electron chi connectivity index (χ3n) is 8.26. The predicted molar refractivity (Wildman–Crippen MR) is 142 cm³/mol. The molecule has 1 unspecified atom stereocenters. The molecule has 4 heterocycles. The van der Waals surface area contributed by atoms with Crippen molar-refractivity contribution in [3.8, 4) is 0 Å². The molecule has 0 bridgehead atoms. The molecule has 184 valence electrons. The first kappa shape index (κ1) is 22.7. The largest absolute Gasteiger partial charge is 0.353 e. The van der Waals surface area contributed by atoms with Crippen LogP contribution >= 0.6 is 11.3 Å². The number of hydrogen-bond donors (Lipinski definition) is 0. The van der Waals surface area contributed by atoms with E-state index < -0.39 is 0 Å². The number of benzene rings is 1. The van der Waals surface area contributed by atoms with Gasteiger partial charge in [0.05, 0.1) is 11.0 Å². The molecule has 3 aromatic rings. The van der Waals surface area contributed by atoms with Gasteiger partial charge in [-0.2, -0.15) is 11.3 Å². The molecule has 35 heavy (non-hydrogen) atoms. The summed E-state index contributed by atoms with van der Waals surface area (Å²) < 4.78 is 0. The lowest BCUT2D eigenvalue weighted by molar-refractivity contribution is -0.130. The van der Waals surface area contributed by atoms with Gasteiger partial charge in [-0.1, -0.05) is 12.1 Å². The topological polar surface area (TPSA) is 55.8 Å². The number of carbonyl (C=O) groups excluding carboxylic acids is 1. The van der Waals surface area contributed by atoms with Gasteiger partial charge in [0.1, 0.15) is 0 Å². The summed E-state index contributed by atoms with van der Waals surface area (Å²) in [6.07, 6.45) is 3.32. The molecule has 2 aromatic heterocycles. The molecule has 1 atom stereocenters. The minimum atomic E-state index is 0.193. The molecule has 7 nitrogen and oxygen atoms in total. The molecule has 1 amide bonds. The molecular weight excluding hydrogens is 456 g/mol. The van der Waals surface area contributed by atoms with E-state index in [9.17, 15) is 4.79 Å². The summed E-state index contributed by atoms with van der Waals surface area (Å²) in [6, 6.07) is 10.7. The molecule has 0 N–H and O–H groups in total. The highest BCUT2D eigenvalue weighted by atomic mass is 32.1. The maximum atomic E-state index is 12.5. The van der Waals surface area contributed by atoms with Crippen LogP contribution in [0, 0.1) is 5.41 Å². The van der Waals surface area contributed by atoms with Crippen molar-refractivity contribution in [2.75, 3.05) is 56.1 Å². The highest BCUT2D eigenvalue weighted by Crippen LogP contribution is 2.57. The van der Waals surface area contributed by atoms with Crippen LogP contribution in [0.4, 0.5) is 11.6 Å². The summed E-state index contributed by atoms with van der Waals surface area (Å²) in [5, 5.41) is 4.25. The molecule has 2 aliphatic heterocycles. The van der Waals surface area contributed by atoms with Crippen molar-refractivity contribution in [1.82, 2.24) is 19.8 Å². The lowest BCUT2D eigenvalue weighted by Crippen LogP contribution is -2.46. The number of thiophene rings is 1. The number of likely N-dealkylation sites (N-methyl/N-ethyl adjacent to an activating group) is 1. The molecule has 3 fully saturated rings. The van der Waals surface area contributed by atoms with Crippen LogP contribution in [0.25, 0.3) is 11.0 Å². The van der Waals surface area contributed by atoms with Gasteiger partial charge in [0.2, 0.25) is 5.91 Å². The van der Waals surface area contributed by atoms with Crippen LogP contribution in [-0.4, -0.2) is 78.0 Å². The molecule has 1 aliphatic carbocycles. The first-order valence-electron chi connectivity index (χ1n) is 12.8. The monoisotopic (exact) mass is 490 g/mol. The number of hydrogen-bond acceptors (Lipinski definition) is 7. The number of amides is 1. The summed E-state index contributed by atoms with van der Waals surface area (Å²) in [7, 11) is 2.18. The van der Waals surface area contributed by atoms with Crippen molar-refractivity contribution < 1.29 is 4.79 Å². The number of nitrogens with zero attached hydrogens (tertiary/aromatic N) is 6. The van der Waals surface area contributed by atoms with E-state index in [1.165, 1.54) is 5.56 Å². The van der Waals surface area contributed by atoms with E-state index in [-0.39, 0.29) is 11.3 Å². The van der Waals surface area contributed by atoms with Crippen LogP contribution < -0.4 is 9.80 Å². The van der Waals surface area contributed by atoms with Gasteiger partial charge in [-0.05, 0) is 66.2 Å². The Bertz CT molecular complexity index is 1200. The highest BCUT2D eigenvalue weighted by Gasteiger charge is 2.58. The SMILES string of the molecule is CC(=O)N(Cc1ccsc1)C1CC12CCN(c1nc3ccccc3nc1N1CCN(C)CC1)CC2. The predicted octanol–water partition coefficient (Wildman–Crippen LogP) is 3.85. The van der Waals surface area contributed by atoms with E-state index in [4.69, 9.17) is 9.97 Å². The van der Waals surface area contributed by atoms with Gasteiger partial charge in [-0.3, -0.25) is 4.79 Å². The van der Waals surface area contributed by atoms with Crippen LogP contribution in [0.5, 0.6) is 0 Å². The molecule has 8 heteroatoms. The van der Waals surface area contributed by atoms with Crippen LogP contribution in [0.3, 0.4) is 0 Å². The fourth-order valence-electron chi connectivity index (χ4n) is 5.91. The van der Waals surface area contributed by atoms with Crippen molar-refractivity contribution in [3.05, 3.63) is 46.7 Å². The maximum Gasteiger partial charge on any atom is 0.220 e. The Morgan fingerprint density at radius 1 is 1.00 bits per heavy atom. The van der Waals surface area contributed by atoms with Crippen molar-refractivity contribution in [1.29, 1.82) is 0 Å². The maximum absolute atomic E-state index is 12.5. The van der Waals surface area contributed by atoms with Gasteiger partial charge in [-0.25, -0.2) is 9.97 Å². The molecule has 1 aromatic carbocycles. The van der Waals surface area contributed by atoms with E-state index in [2.05, 4.69) is 55.6 Å². The van der Waals surface area contributed by atoms with Crippen LogP contribution in [-0.2, 0) is 11.3 Å². The summed E-state index contributed by atoms with van der Waals surface area (Å²) in [5.74, 6) is 2.25. The molecular formula is C27H34N6OS. The number of para-hydroxylation sites is 2. The Balaban J connectivity index is 1.21.